The van der Waals surface area contributed by atoms with Crippen molar-refractivity contribution in [2.45, 2.75) is 42.9 Å². The molecule has 1 unspecified atom stereocenters. The Morgan fingerprint density at radius 1 is 1.38 bits per heavy atom. The number of nitrogens with one attached hydrogen (secondary N) is 1. The third-order valence-electron chi connectivity index (χ3n) is 4.17. The highest BCUT2D eigenvalue weighted by Crippen LogP contribution is 2.35. The number of thiophene rings is 1. The molecule has 0 radical (unpaired) electrons. The summed E-state index contributed by atoms with van der Waals surface area (Å²) in [6.07, 6.45) is 4.48. The number of aryl methyl sites for hydroxylation is 1. The molecule has 1 aliphatic heterocycles. The molecule has 3 rings (SSSR count). The highest BCUT2D eigenvalue weighted by Gasteiger charge is 2.34. The Bertz CT molecular complexity index is 585. The largest absolute Gasteiger partial charge is 0.313 e. The third-order valence-corrected chi connectivity index (χ3v) is 8.01. The van der Waals surface area contributed by atoms with E-state index in [1.54, 1.807) is 10.4 Å². The topological polar surface area (TPSA) is 49.4 Å². The van der Waals surface area contributed by atoms with Crippen molar-refractivity contribution in [2.24, 2.45) is 5.92 Å². The van der Waals surface area contributed by atoms with Crippen molar-refractivity contribution in [1.82, 2.24) is 9.62 Å². The van der Waals surface area contributed by atoms with Crippen LogP contribution in [0.1, 0.15) is 31.2 Å². The molecule has 1 saturated heterocycles. The molecule has 1 aliphatic carbocycles. The predicted octanol–water partition coefficient (Wildman–Crippen LogP) is 2.86. The van der Waals surface area contributed by atoms with Crippen molar-refractivity contribution in [3.63, 3.8) is 0 Å². The van der Waals surface area contributed by atoms with Crippen LogP contribution in [-0.4, -0.2) is 38.4 Å². The van der Waals surface area contributed by atoms with Crippen LogP contribution in [0, 0.1) is 12.8 Å². The molecule has 118 valence electrons. The Kier molecular flexibility index (Phi) is 4.62. The van der Waals surface area contributed by atoms with E-state index in [-0.39, 0.29) is 6.04 Å². The van der Waals surface area contributed by atoms with Gasteiger partial charge in [-0.3, -0.25) is 0 Å². The lowest BCUT2D eigenvalue weighted by molar-refractivity contribution is 0.359. The van der Waals surface area contributed by atoms with E-state index in [0.29, 0.717) is 27.6 Å². The van der Waals surface area contributed by atoms with E-state index in [4.69, 9.17) is 11.6 Å². The molecule has 1 N–H and O–H groups in total. The summed E-state index contributed by atoms with van der Waals surface area (Å²) in [6.45, 7) is 4.07. The minimum atomic E-state index is -3.42. The van der Waals surface area contributed by atoms with Gasteiger partial charge in [-0.25, -0.2) is 8.42 Å². The van der Waals surface area contributed by atoms with E-state index in [2.05, 4.69) is 5.32 Å². The van der Waals surface area contributed by atoms with Crippen molar-refractivity contribution in [3.05, 3.63) is 16.0 Å². The fraction of sp³-hybridized carbons (Fsp3) is 0.714. The average molecular weight is 349 g/mol. The molecule has 1 saturated carbocycles. The minimum absolute atomic E-state index is 0.287. The first-order valence-electron chi connectivity index (χ1n) is 7.46. The quantitative estimate of drug-likeness (QED) is 0.860. The summed E-state index contributed by atoms with van der Waals surface area (Å²) in [5.41, 5.74) is 0.839. The van der Waals surface area contributed by atoms with Crippen molar-refractivity contribution < 1.29 is 8.42 Å². The van der Waals surface area contributed by atoms with Crippen LogP contribution in [0.3, 0.4) is 0 Å². The Hall–Kier alpha value is -0.140. The lowest BCUT2D eigenvalue weighted by Crippen LogP contribution is -2.41. The van der Waals surface area contributed by atoms with Crippen LogP contribution in [0.25, 0.3) is 0 Å². The number of sulfonamides is 1. The molecule has 4 nitrogen and oxygen atoms in total. The van der Waals surface area contributed by atoms with E-state index in [0.717, 1.165) is 37.8 Å². The van der Waals surface area contributed by atoms with Gasteiger partial charge in [0, 0.05) is 19.1 Å². The standard InChI is InChI=1S/C14H21ClN2O2S2/c1-10-7-13(20-14(10)15)21(18,19)17(8-11-4-5-11)9-12-3-2-6-16-12/h7,11-12,16H,2-6,8-9H2,1H3. The van der Waals surface area contributed by atoms with Crippen molar-refractivity contribution in [2.75, 3.05) is 19.6 Å². The van der Waals surface area contributed by atoms with Crippen LogP contribution in [0.4, 0.5) is 0 Å². The van der Waals surface area contributed by atoms with Gasteiger partial charge in [0.15, 0.2) is 0 Å². The monoisotopic (exact) mass is 348 g/mol. The zero-order chi connectivity index (χ0) is 15.0. The van der Waals surface area contributed by atoms with E-state index in [1.807, 2.05) is 6.92 Å². The molecule has 0 bridgehead atoms. The number of halogens is 1. The molecule has 7 heteroatoms. The molecular formula is C14H21ClN2O2S2. The summed E-state index contributed by atoms with van der Waals surface area (Å²) < 4.78 is 28.4. The Morgan fingerprint density at radius 3 is 2.67 bits per heavy atom. The summed E-state index contributed by atoms with van der Waals surface area (Å²) >= 11 is 7.22. The Balaban J connectivity index is 1.82. The first kappa shape index (κ1) is 15.7. The maximum atomic E-state index is 12.9. The van der Waals surface area contributed by atoms with E-state index in [1.165, 1.54) is 11.3 Å². The third kappa shape index (κ3) is 3.62. The van der Waals surface area contributed by atoms with Gasteiger partial charge in [-0.15, -0.1) is 11.3 Å². The van der Waals surface area contributed by atoms with Gasteiger partial charge in [-0.05, 0) is 56.7 Å². The fourth-order valence-electron chi connectivity index (χ4n) is 2.70. The Morgan fingerprint density at radius 2 is 2.14 bits per heavy atom. The summed E-state index contributed by atoms with van der Waals surface area (Å²) in [4.78, 5) is 0. The molecule has 0 spiro atoms. The molecule has 1 aromatic rings. The van der Waals surface area contributed by atoms with Gasteiger partial charge in [0.05, 0.1) is 4.34 Å². The van der Waals surface area contributed by atoms with Gasteiger partial charge >= 0.3 is 0 Å². The van der Waals surface area contributed by atoms with Gasteiger partial charge < -0.3 is 5.32 Å². The molecule has 2 heterocycles. The van der Waals surface area contributed by atoms with Gasteiger partial charge in [0.2, 0.25) is 0 Å². The molecule has 2 fully saturated rings. The average Bonchev–Trinajstić information content (AvgIpc) is 2.97. The van der Waals surface area contributed by atoms with Crippen LogP contribution in [-0.2, 0) is 10.0 Å². The maximum Gasteiger partial charge on any atom is 0.252 e. The second kappa shape index (κ2) is 6.16. The van der Waals surface area contributed by atoms with Crippen LogP contribution >= 0.6 is 22.9 Å². The van der Waals surface area contributed by atoms with Gasteiger partial charge in [0.25, 0.3) is 10.0 Å². The van der Waals surface area contributed by atoms with Crippen molar-refractivity contribution >= 4 is 33.0 Å². The van der Waals surface area contributed by atoms with Crippen LogP contribution in [0.15, 0.2) is 10.3 Å². The first-order chi connectivity index (χ1) is 9.96. The summed E-state index contributed by atoms with van der Waals surface area (Å²) in [6, 6.07) is 1.99. The molecule has 0 aromatic carbocycles. The Labute approximate surface area is 135 Å². The number of rotatable bonds is 6. The number of hydrogen-bond acceptors (Lipinski definition) is 4. The van der Waals surface area contributed by atoms with Gasteiger partial charge in [-0.1, -0.05) is 11.6 Å². The maximum absolute atomic E-state index is 12.9. The smallest absolute Gasteiger partial charge is 0.252 e. The summed E-state index contributed by atoms with van der Waals surface area (Å²) in [7, 11) is -3.42. The zero-order valence-corrected chi connectivity index (χ0v) is 14.5. The first-order valence-corrected chi connectivity index (χ1v) is 10.1. The van der Waals surface area contributed by atoms with Crippen molar-refractivity contribution in [1.29, 1.82) is 0 Å². The van der Waals surface area contributed by atoms with Crippen LogP contribution in [0.2, 0.25) is 4.34 Å². The lowest BCUT2D eigenvalue weighted by Gasteiger charge is -2.24. The minimum Gasteiger partial charge on any atom is -0.313 e. The second-order valence-corrected chi connectivity index (χ2v) is 9.90. The van der Waals surface area contributed by atoms with Crippen molar-refractivity contribution in [3.8, 4) is 0 Å². The predicted molar refractivity (Wildman–Crippen MR) is 86.6 cm³/mol. The fourth-order valence-corrected chi connectivity index (χ4v) is 6.13. The highest BCUT2D eigenvalue weighted by atomic mass is 35.5. The van der Waals surface area contributed by atoms with Crippen LogP contribution in [0.5, 0.6) is 0 Å². The van der Waals surface area contributed by atoms with Gasteiger partial charge in [0.1, 0.15) is 4.21 Å². The zero-order valence-electron chi connectivity index (χ0n) is 12.1. The van der Waals surface area contributed by atoms with Gasteiger partial charge in [-0.2, -0.15) is 4.31 Å². The highest BCUT2D eigenvalue weighted by molar-refractivity contribution is 7.91. The molecule has 2 aliphatic rings. The molecule has 1 atom stereocenters. The number of hydrogen-bond donors (Lipinski definition) is 1. The van der Waals surface area contributed by atoms with E-state index in [9.17, 15) is 8.42 Å². The lowest BCUT2D eigenvalue weighted by atomic mass is 10.2. The summed E-state index contributed by atoms with van der Waals surface area (Å²) in [5, 5.41) is 3.39. The molecule has 1 aromatic heterocycles. The van der Waals surface area contributed by atoms with Crippen LogP contribution < -0.4 is 5.32 Å². The SMILES string of the molecule is Cc1cc(S(=O)(=O)N(CC2CC2)CC2CCCN2)sc1Cl. The summed E-state index contributed by atoms with van der Waals surface area (Å²) in [5.74, 6) is 0.540. The number of nitrogens with zero attached hydrogens (tertiary/aromatic N) is 1. The molecular weight excluding hydrogens is 328 g/mol. The molecule has 0 amide bonds. The normalized spacial score (nSPS) is 23.1. The second-order valence-electron chi connectivity index (χ2n) is 6.08. The van der Waals surface area contributed by atoms with E-state index < -0.39 is 10.0 Å². The van der Waals surface area contributed by atoms with E-state index >= 15 is 0 Å². The molecule has 21 heavy (non-hydrogen) atoms.